The summed E-state index contributed by atoms with van der Waals surface area (Å²) in [7, 11) is 0. The Morgan fingerprint density at radius 3 is 2.52 bits per heavy atom. The van der Waals surface area contributed by atoms with Crippen LogP contribution in [0.5, 0.6) is 5.75 Å². The summed E-state index contributed by atoms with van der Waals surface area (Å²) >= 11 is 0. The molecule has 1 saturated carbocycles. The van der Waals surface area contributed by atoms with Crippen molar-refractivity contribution in [2.24, 2.45) is 0 Å². The van der Waals surface area contributed by atoms with Crippen LogP contribution in [0, 0.1) is 0 Å². The Bertz CT molecular complexity index is 594. The van der Waals surface area contributed by atoms with Crippen LogP contribution in [0.2, 0.25) is 0 Å². The van der Waals surface area contributed by atoms with Gasteiger partial charge in [0.1, 0.15) is 5.75 Å². The van der Waals surface area contributed by atoms with E-state index in [-0.39, 0.29) is 30.9 Å². The van der Waals surface area contributed by atoms with Gasteiger partial charge in [-0.2, -0.15) is 0 Å². The van der Waals surface area contributed by atoms with Crippen molar-refractivity contribution in [3.8, 4) is 5.75 Å². The molecule has 1 aromatic rings. The van der Waals surface area contributed by atoms with Gasteiger partial charge in [-0.3, -0.25) is 9.59 Å². The van der Waals surface area contributed by atoms with Crippen molar-refractivity contribution in [2.45, 2.75) is 71.3 Å². The Kier molecular flexibility index (Phi) is 9.16. The monoisotopic (exact) mass is 375 g/mol. The lowest BCUT2D eigenvalue weighted by Crippen LogP contribution is -2.44. The summed E-state index contributed by atoms with van der Waals surface area (Å²) in [5.41, 5.74) is 1.18. The summed E-state index contributed by atoms with van der Waals surface area (Å²) in [5.74, 6) is 0.419. The van der Waals surface area contributed by atoms with Crippen LogP contribution >= 0.6 is 0 Å². The van der Waals surface area contributed by atoms with Crippen molar-refractivity contribution in [2.75, 3.05) is 19.8 Å². The number of aryl methyl sites for hydroxylation is 1. The van der Waals surface area contributed by atoms with Crippen molar-refractivity contribution < 1.29 is 19.1 Å². The number of carbonyl (C=O) groups is 2. The molecule has 0 saturated heterocycles. The van der Waals surface area contributed by atoms with E-state index < -0.39 is 0 Å². The van der Waals surface area contributed by atoms with Crippen molar-refractivity contribution in [3.05, 3.63) is 29.8 Å². The van der Waals surface area contributed by atoms with Gasteiger partial charge in [0.05, 0.1) is 13.0 Å². The molecule has 0 radical (unpaired) electrons. The van der Waals surface area contributed by atoms with Gasteiger partial charge >= 0.3 is 5.97 Å². The highest BCUT2D eigenvalue weighted by Crippen LogP contribution is 2.23. The topological polar surface area (TPSA) is 55.8 Å². The molecule has 0 spiro atoms. The van der Waals surface area contributed by atoms with Crippen LogP contribution in [0.3, 0.4) is 0 Å². The van der Waals surface area contributed by atoms with Gasteiger partial charge in [-0.1, -0.05) is 44.7 Å². The average molecular weight is 376 g/mol. The van der Waals surface area contributed by atoms with Gasteiger partial charge in [0.15, 0.2) is 6.61 Å². The van der Waals surface area contributed by atoms with Gasteiger partial charge in [-0.05, 0) is 43.9 Å². The van der Waals surface area contributed by atoms with Crippen LogP contribution in [0.1, 0.15) is 64.4 Å². The summed E-state index contributed by atoms with van der Waals surface area (Å²) in [6.45, 7) is 4.66. The Morgan fingerprint density at radius 2 is 1.85 bits per heavy atom. The van der Waals surface area contributed by atoms with Gasteiger partial charge < -0.3 is 14.4 Å². The molecule has 0 atom stereocenters. The van der Waals surface area contributed by atoms with E-state index in [2.05, 4.69) is 6.92 Å². The number of hydrogen-bond donors (Lipinski definition) is 0. The summed E-state index contributed by atoms with van der Waals surface area (Å²) in [5, 5.41) is 0. The Balaban J connectivity index is 1.98. The molecule has 1 aromatic carbocycles. The van der Waals surface area contributed by atoms with Crippen molar-refractivity contribution in [3.63, 3.8) is 0 Å². The number of carbonyl (C=O) groups excluding carboxylic acids is 2. The summed E-state index contributed by atoms with van der Waals surface area (Å²) in [6, 6.07) is 8.04. The van der Waals surface area contributed by atoms with E-state index >= 15 is 0 Å². The number of amides is 1. The molecule has 27 heavy (non-hydrogen) atoms. The fourth-order valence-electron chi connectivity index (χ4n) is 3.61. The van der Waals surface area contributed by atoms with Crippen LogP contribution in [-0.4, -0.2) is 42.6 Å². The third kappa shape index (κ3) is 7.24. The second-order valence-corrected chi connectivity index (χ2v) is 7.08. The maximum atomic E-state index is 12.9. The van der Waals surface area contributed by atoms with Crippen LogP contribution < -0.4 is 4.74 Å². The molecule has 150 valence electrons. The van der Waals surface area contributed by atoms with E-state index in [9.17, 15) is 9.59 Å². The van der Waals surface area contributed by atoms with Gasteiger partial charge in [0, 0.05) is 12.6 Å². The smallest absolute Gasteiger partial charge is 0.307 e. The van der Waals surface area contributed by atoms with Gasteiger partial charge in [-0.25, -0.2) is 0 Å². The highest BCUT2D eigenvalue weighted by Gasteiger charge is 2.25. The van der Waals surface area contributed by atoms with Crippen molar-refractivity contribution in [1.82, 2.24) is 4.90 Å². The molecule has 0 N–H and O–H groups in total. The molecule has 5 heteroatoms. The zero-order chi connectivity index (χ0) is 19.5. The molecule has 0 bridgehead atoms. The van der Waals surface area contributed by atoms with Crippen LogP contribution in [-0.2, 0) is 20.7 Å². The van der Waals surface area contributed by atoms with Crippen LogP contribution in [0.25, 0.3) is 0 Å². The molecule has 1 fully saturated rings. The minimum atomic E-state index is -0.250. The van der Waals surface area contributed by atoms with Crippen molar-refractivity contribution >= 4 is 11.9 Å². The molecule has 0 unspecified atom stereocenters. The molecule has 1 aliphatic rings. The predicted octanol–water partition coefficient (Wildman–Crippen LogP) is 4.13. The normalized spacial score (nSPS) is 15.0. The Hall–Kier alpha value is -2.04. The Labute approximate surface area is 163 Å². The number of hydrogen-bond acceptors (Lipinski definition) is 4. The summed E-state index contributed by atoms with van der Waals surface area (Å²) in [6.07, 6.45) is 7.87. The van der Waals surface area contributed by atoms with E-state index in [1.54, 1.807) is 6.92 Å². The maximum absolute atomic E-state index is 12.9. The maximum Gasteiger partial charge on any atom is 0.307 e. The molecular formula is C22H33NO4. The lowest BCUT2D eigenvalue weighted by molar-refractivity contribution is -0.145. The standard InChI is InChI=1S/C22H33NO4/c1-3-18-10-9-13-20(16-18)27-17-21(24)23(15-14-22(25)26-4-2)19-11-7-5-6-8-12-19/h9-10,13,16,19H,3-8,11-12,14-15,17H2,1-2H3. The molecule has 0 aliphatic heterocycles. The number of esters is 1. The lowest BCUT2D eigenvalue weighted by atomic mass is 10.1. The van der Waals surface area contributed by atoms with E-state index in [4.69, 9.17) is 9.47 Å². The third-order valence-corrected chi connectivity index (χ3v) is 5.12. The average Bonchev–Trinajstić information content (AvgIpc) is 2.96. The minimum absolute atomic E-state index is 0.00644. The SMILES string of the molecule is CCOC(=O)CCN(C(=O)COc1cccc(CC)c1)C1CCCCCC1. The van der Waals surface area contributed by atoms with Crippen molar-refractivity contribution in [1.29, 1.82) is 0 Å². The quantitative estimate of drug-likeness (QED) is 0.481. The van der Waals surface area contributed by atoms with Gasteiger partial charge in [0.25, 0.3) is 5.91 Å². The fraction of sp³-hybridized carbons (Fsp3) is 0.636. The number of rotatable bonds is 9. The Morgan fingerprint density at radius 1 is 1.11 bits per heavy atom. The first-order valence-electron chi connectivity index (χ1n) is 10.3. The second kappa shape index (κ2) is 11.6. The van der Waals surface area contributed by atoms with E-state index in [0.29, 0.717) is 18.9 Å². The van der Waals surface area contributed by atoms with E-state index in [1.807, 2.05) is 29.2 Å². The summed E-state index contributed by atoms with van der Waals surface area (Å²) in [4.78, 5) is 26.5. The molecule has 0 heterocycles. The molecule has 2 rings (SSSR count). The van der Waals surface area contributed by atoms with Crippen LogP contribution in [0.4, 0.5) is 0 Å². The summed E-state index contributed by atoms with van der Waals surface area (Å²) < 4.78 is 10.8. The largest absolute Gasteiger partial charge is 0.484 e. The zero-order valence-electron chi connectivity index (χ0n) is 16.7. The lowest BCUT2D eigenvalue weighted by Gasteiger charge is -2.31. The molecule has 1 amide bonds. The number of ether oxygens (including phenoxy) is 2. The fourth-order valence-corrected chi connectivity index (χ4v) is 3.61. The van der Waals surface area contributed by atoms with Gasteiger partial charge in [-0.15, -0.1) is 0 Å². The zero-order valence-corrected chi connectivity index (χ0v) is 16.7. The first-order chi connectivity index (χ1) is 13.1. The molecule has 1 aliphatic carbocycles. The highest BCUT2D eigenvalue weighted by atomic mass is 16.5. The first kappa shape index (κ1) is 21.3. The number of benzene rings is 1. The molecule has 5 nitrogen and oxygen atoms in total. The van der Waals surface area contributed by atoms with Gasteiger partial charge in [0.2, 0.25) is 0 Å². The molecule has 0 aromatic heterocycles. The van der Waals surface area contributed by atoms with E-state index in [1.165, 1.54) is 18.4 Å². The van der Waals surface area contributed by atoms with E-state index in [0.717, 1.165) is 32.1 Å². The first-order valence-corrected chi connectivity index (χ1v) is 10.3. The predicted molar refractivity (Wildman–Crippen MR) is 106 cm³/mol. The molecular weight excluding hydrogens is 342 g/mol. The van der Waals surface area contributed by atoms with Crippen LogP contribution in [0.15, 0.2) is 24.3 Å². The highest BCUT2D eigenvalue weighted by molar-refractivity contribution is 5.79. The number of nitrogens with zero attached hydrogens (tertiary/aromatic N) is 1. The second-order valence-electron chi connectivity index (χ2n) is 7.08. The third-order valence-electron chi connectivity index (χ3n) is 5.12. The minimum Gasteiger partial charge on any atom is -0.484 e.